The summed E-state index contributed by atoms with van der Waals surface area (Å²) >= 11 is 10.6. The number of nitrogens with zero attached hydrogens (tertiary/aromatic N) is 1. The Balaban J connectivity index is 2.83. The van der Waals surface area contributed by atoms with Gasteiger partial charge < -0.3 is 5.32 Å². The van der Waals surface area contributed by atoms with Gasteiger partial charge >= 0.3 is 0 Å². The van der Waals surface area contributed by atoms with E-state index in [1.165, 1.54) is 6.34 Å². The van der Waals surface area contributed by atoms with Crippen LogP contribution in [0.2, 0.25) is 0 Å². The van der Waals surface area contributed by atoms with Gasteiger partial charge in [-0.3, -0.25) is 0 Å². The molecule has 1 heterocycles. The van der Waals surface area contributed by atoms with E-state index in [1.807, 2.05) is 0 Å². The number of aliphatic imine (C=N–C) groups is 1. The molecule has 0 aromatic rings. The van der Waals surface area contributed by atoms with Gasteiger partial charge in [-0.15, -0.1) is 0 Å². The largest absolute Gasteiger partial charge is 0.350 e. The van der Waals surface area contributed by atoms with Crippen LogP contribution in [-0.4, -0.2) is 10.8 Å². The summed E-state index contributed by atoms with van der Waals surface area (Å²) in [7, 11) is 0. The summed E-state index contributed by atoms with van der Waals surface area (Å²) in [4.78, 5) is 3.39. The first kappa shape index (κ1) is 6.83. The highest BCUT2D eigenvalue weighted by molar-refractivity contribution is 6.50. The first-order valence-corrected chi connectivity index (χ1v) is 2.92. The van der Waals surface area contributed by atoms with E-state index in [-0.39, 0.29) is 0 Å². The van der Waals surface area contributed by atoms with Gasteiger partial charge in [-0.25, -0.2) is 9.38 Å². The predicted molar refractivity (Wildman–Crippen MR) is 35.3 cm³/mol. The maximum absolute atomic E-state index is 12.4. The van der Waals surface area contributed by atoms with E-state index in [2.05, 4.69) is 10.3 Å². The van der Waals surface area contributed by atoms with E-state index in [0.717, 1.165) is 6.20 Å². The summed E-state index contributed by atoms with van der Waals surface area (Å²) < 4.78 is 10.7. The summed E-state index contributed by atoms with van der Waals surface area (Å²) in [6.07, 6.45) is 2.27. The van der Waals surface area contributed by atoms with Gasteiger partial charge in [-0.1, -0.05) is 23.2 Å². The van der Waals surface area contributed by atoms with Crippen LogP contribution in [0.5, 0.6) is 0 Å². The van der Waals surface area contributed by atoms with E-state index in [0.29, 0.717) is 0 Å². The van der Waals surface area contributed by atoms with Crippen molar-refractivity contribution in [3.8, 4) is 0 Å². The quantitative estimate of drug-likeness (QED) is 0.431. The molecule has 5 heteroatoms. The number of hydrogen-bond acceptors (Lipinski definition) is 2. The fourth-order valence-electron chi connectivity index (χ4n) is 0.377. The van der Waals surface area contributed by atoms with E-state index in [4.69, 9.17) is 23.2 Å². The average Bonchev–Trinajstić information content (AvgIpc) is 1.77. The van der Waals surface area contributed by atoms with Crippen LogP contribution in [0.3, 0.4) is 0 Å². The lowest BCUT2D eigenvalue weighted by Crippen LogP contribution is -2.20. The van der Waals surface area contributed by atoms with Crippen molar-refractivity contribution in [1.82, 2.24) is 5.32 Å². The fraction of sp³-hybridized carbons (Fsp3) is 0.250. The van der Waals surface area contributed by atoms with E-state index < -0.39 is 10.3 Å². The lowest BCUT2D eigenvalue weighted by Gasteiger charge is -2.14. The molecule has 9 heavy (non-hydrogen) atoms. The second kappa shape index (κ2) is 2.15. The molecule has 0 radical (unpaired) electrons. The summed E-state index contributed by atoms with van der Waals surface area (Å²) in [5, 5.41) is 2.39. The van der Waals surface area contributed by atoms with Crippen LogP contribution in [0.15, 0.2) is 17.0 Å². The maximum atomic E-state index is 12.4. The third-order valence-corrected chi connectivity index (χ3v) is 1.35. The Morgan fingerprint density at radius 2 is 2.33 bits per heavy atom. The highest BCUT2D eigenvalue weighted by Crippen LogP contribution is 2.32. The van der Waals surface area contributed by atoms with Gasteiger partial charge in [-0.05, 0) is 0 Å². The Kier molecular flexibility index (Phi) is 1.64. The number of nitrogens with one attached hydrogen (secondary N) is 1. The van der Waals surface area contributed by atoms with Crippen molar-refractivity contribution in [2.75, 3.05) is 0 Å². The molecule has 1 N–H and O–H groups in total. The second-order valence-corrected chi connectivity index (χ2v) is 2.75. The van der Waals surface area contributed by atoms with Crippen molar-refractivity contribution >= 4 is 29.5 Å². The van der Waals surface area contributed by atoms with Crippen molar-refractivity contribution < 1.29 is 4.39 Å². The molecule has 0 saturated heterocycles. The zero-order valence-electron chi connectivity index (χ0n) is 4.24. The molecular formula is C4H3Cl2FN2. The zero-order chi connectivity index (χ0) is 6.91. The van der Waals surface area contributed by atoms with Crippen LogP contribution in [0.4, 0.5) is 4.39 Å². The standard InChI is InChI=1S/C4H3Cl2FN2/c5-4(6)3(7)1-8-2-9-4/h1-2H,(H,8,9). The molecule has 0 aromatic carbocycles. The molecule has 50 valence electrons. The topological polar surface area (TPSA) is 24.4 Å². The fourth-order valence-corrected chi connectivity index (χ4v) is 0.584. The minimum atomic E-state index is -1.72. The van der Waals surface area contributed by atoms with Crippen LogP contribution in [0.25, 0.3) is 0 Å². The highest BCUT2D eigenvalue weighted by Gasteiger charge is 2.29. The normalized spacial score (nSPS) is 22.8. The van der Waals surface area contributed by atoms with E-state index in [9.17, 15) is 4.39 Å². The van der Waals surface area contributed by atoms with Crippen LogP contribution in [-0.2, 0) is 0 Å². The van der Waals surface area contributed by atoms with Gasteiger partial charge in [-0.2, -0.15) is 0 Å². The number of alkyl halides is 2. The molecule has 0 amide bonds. The third kappa shape index (κ3) is 1.34. The van der Waals surface area contributed by atoms with E-state index >= 15 is 0 Å². The first-order chi connectivity index (χ1) is 4.13. The molecule has 0 atom stereocenters. The Hall–Kier alpha value is -0.280. The molecule has 0 fully saturated rings. The summed E-state index contributed by atoms with van der Waals surface area (Å²) in [6, 6.07) is 0. The summed E-state index contributed by atoms with van der Waals surface area (Å²) in [5.41, 5.74) is 0. The smallest absolute Gasteiger partial charge is 0.262 e. The molecule has 1 rings (SSSR count). The highest BCUT2D eigenvalue weighted by atomic mass is 35.5. The monoisotopic (exact) mass is 168 g/mol. The van der Waals surface area contributed by atoms with Gasteiger partial charge in [0, 0.05) is 6.20 Å². The molecule has 0 bridgehead atoms. The van der Waals surface area contributed by atoms with Crippen molar-refractivity contribution in [3.05, 3.63) is 12.0 Å². The average molecular weight is 169 g/mol. The Bertz CT molecular complexity index is 175. The molecule has 0 aromatic heterocycles. The molecule has 0 spiro atoms. The number of halogens is 3. The molecule has 0 unspecified atom stereocenters. The maximum Gasteiger partial charge on any atom is 0.262 e. The van der Waals surface area contributed by atoms with Crippen molar-refractivity contribution in [3.63, 3.8) is 0 Å². The lowest BCUT2D eigenvalue weighted by molar-refractivity contribution is 0.569. The molecule has 2 nitrogen and oxygen atoms in total. The van der Waals surface area contributed by atoms with Crippen molar-refractivity contribution in [2.45, 2.75) is 4.46 Å². The van der Waals surface area contributed by atoms with Crippen LogP contribution in [0, 0.1) is 0 Å². The Labute approximate surface area is 61.4 Å². The minimum absolute atomic E-state index is 0.701. The number of hydrogen-bond donors (Lipinski definition) is 1. The van der Waals surface area contributed by atoms with Gasteiger partial charge in [0.2, 0.25) is 0 Å². The van der Waals surface area contributed by atoms with Crippen LogP contribution in [0.1, 0.15) is 0 Å². The number of rotatable bonds is 0. The third-order valence-electron chi connectivity index (χ3n) is 0.799. The van der Waals surface area contributed by atoms with Gasteiger partial charge in [0.25, 0.3) is 4.46 Å². The van der Waals surface area contributed by atoms with Crippen molar-refractivity contribution in [2.24, 2.45) is 4.99 Å². The van der Waals surface area contributed by atoms with Crippen LogP contribution >= 0.6 is 23.2 Å². The first-order valence-electron chi connectivity index (χ1n) is 2.16. The summed E-state index contributed by atoms with van der Waals surface area (Å²) in [5.74, 6) is -0.701. The Morgan fingerprint density at radius 3 is 2.67 bits per heavy atom. The summed E-state index contributed by atoms with van der Waals surface area (Å²) in [6.45, 7) is 0. The molecule has 1 aliphatic rings. The molecular weight excluding hydrogens is 166 g/mol. The predicted octanol–water partition coefficient (Wildman–Crippen LogP) is 1.56. The van der Waals surface area contributed by atoms with Crippen LogP contribution < -0.4 is 5.32 Å². The minimum Gasteiger partial charge on any atom is -0.350 e. The van der Waals surface area contributed by atoms with E-state index in [1.54, 1.807) is 0 Å². The second-order valence-electron chi connectivity index (χ2n) is 1.46. The van der Waals surface area contributed by atoms with Crippen molar-refractivity contribution in [1.29, 1.82) is 0 Å². The van der Waals surface area contributed by atoms with Gasteiger partial charge in [0.1, 0.15) is 0 Å². The molecule has 0 saturated carbocycles. The van der Waals surface area contributed by atoms with Gasteiger partial charge in [0.15, 0.2) is 5.83 Å². The molecule has 1 aliphatic heterocycles. The van der Waals surface area contributed by atoms with Gasteiger partial charge in [0.05, 0.1) is 6.34 Å². The zero-order valence-corrected chi connectivity index (χ0v) is 5.75. The SMILES string of the molecule is FC1=CNC=NC1(Cl)Cl. The Morgan fingerprint density at radius 1 is 1.67 bits per heavy atom. The lowest BCUT2D eigenvalue weighted by atomic mass is 10.5. The molecule has 0 aliphatic carbocycles.